The van der Waals surface area contributed by atoms with Crippen LogP contribution in [0, 0.1) is 0 Å². The minimum absolute atomic E-state index is 0.0576. The molecule has 112 valence electrons. The lowest BCUT2D eigenvalue weighted by atomic mass is 9.85. The molecule has 0 aromatic heterocycles. The van der Waals surface area contributed by atoms with E-state index in [-0.39, 0.29) is 11.6 Å². The predicted octanol–water partition coefficient (Wildman–Crippen LogP) is 2.96. The summed E-state index contributed by atoms with van der Waals surface area (Å²) < 4.78 is 5.69. The van der Waals surface area contributed by atoms with Crippen LogP contribution in [0.5, 0.6) is 0 Å². The molecule has 1 saturated heterocycles. The first-order chi connectivity index (χ1) is 9.23. The van der Waals surface area contributed by atoms with Crippen molar-refractivity contribution >= 4 is 0 Å². The highest BCUT2D eigenvalue weighted by Crippen LogP contribution is 2.39. The van der Waals surface area contributed by atoms with Crippen molar-refractivity contribution < 1.29 is 9.84 Å². The first-order valence-electron chi connectivity index (χ1n) is 8.27. The fourth-order valence-corrected chi connectivity index (χ4v) is 4.19. The molecule has 1 aliphatic carbocycles. The summed E-state index contributed by atoms with van der Waals surface area (Å²) in [5.41, 5.74) is 0.0576. The molecule has 0 aromatic carbocycles. The quantitative estimate of drug-likeness (QED) is 0.771. The van der Waals surface area contributed by atoms with Crippen LogP contribution in [0.3, 0.4) is 0 Å². The van der Waals surface area contributed by atoms with Gasteiger partial charge in [-0.05, 0) is 51.6 Å². The van der Waals surface area contributed by atoms with E-state index in [0.717, 1.165) is 32.5 Å². The van der Waals surface area contributed by atoms with Gasteiger partial charge in [-0.3, -0.25) is 4.90 Å². The Morgan fingerprint density at radius 1 is 1.21 bits per heavy atom. The minimum atomic E-state index is -0.181. The zero-order chi connectivity index (χ0) is 13.7. The summed E-state index contributed by atoms with van der Waals surface area (Å²) in [5.74, 6) is 0. The van der Waals surface area contributed by atoms with Crippen molar-refractivity contribution in [2.24, 2.45) is 0 Å². The molecule has 2 rings (SSSR count). The lowest BCUT2D eigenvalue weighted by molar-refractivity contribution is -0.0360. The Labute approximate surface area is 118 Å². The number of aliphatic hydroxyl groups excluding tert-OH is 1. The molecule has 1 aliphatic heterocycles. The normalized spacial score (nSPS) is 28.1. The summed E-state index contributed by atoms with van der Waals surface area (Å²) in [5, 5.41) is 10.8. The van der Waals surface area contributed by atoms with Gasteiger partial charge in [0.05, 0.1) is 12.2 Å². The lowest BCUT2D eigenvalue weighted by Crippen LogP contribution is -2.55. The molecule has 0 amide bonds. The number of likely N-dealkylation sites (N-methyl/N-ethyl adjacent to an activating group) is 1. The SMILES string of the molecule is CCN(CC)C1(C(O)CCC2CCCO2)CCCC1. The van der Waals surface area contributed by atoms with Crippen LogP contribution in [-0.2, 0) is 4.74 Å². The molecule has 2 unspecified atom stereocenters. The van der Waals surface area contributed by atoms with Gasteiger partial charge in [0.15, 0.2) is 0 Å². The first-order valence-corrected chi connectivity index (χ1v) is 8.27. The van der Waals surface area contributed by atoms with Gasteiger partial charge < -0.3 is 9.84 Å². The Balaban J connectivity index is 1.93. The van der Waals surface area contributed by atoms with Crippen molar-refractivity contribution in [3.8, 4) is 0 Å². The highest BCUT2D eigenvalue weighted by atomic mass is 16.5. The van der Waals surface area contributed by atoms with Gasteiger partial charge in [-0.2, -0.15) is 0 Å². The number of rotatable bonds is 7. The molecule has 0 aromatic rings. The Morgan fingerprint density at radius 3 is 2.42 bits per heavy atom. The van der Waals surface area contributed by atoms with Crippen molar-refractivity contribution in [1.29, 1.82) is 0 Å². The Hall–Kier alpha value is -0.120. The van der Waals surface area contributed by atoms with Gasteiger partial charge >= 0.3 is 0 Å². The molecule has 1 heterocycles. The molecule has 2 fully saturated rings. The third-order valence-electron chi connectivity index (χ3n) is 5.27. The maximum absolute atomic E-state index is 10.8. The molecule has 19 heavy (non-hydrogen) atoms. The van der Waals surface area contributed by atoms with Crippen LogP contribution in [0.1, 0.15) is 65.2 Å². The monoisotopic (exact) mass is 269 g/mol. The second kappa shape index (κ2) is 7.05. The van der Waals surface area contributed by atoms with Crippen molar-refractivity contribution in [3.05, 3.63) is 0 Å². The van der Waals surface area contributed by atoms with Crippen molar-refractivity contribution in [2.75, 3.05) is 19.7 Å². The van der Waals surface area contributed by atoms with Crippen LogP contribution >= 0.6 is 0 Å². The third-order valence-corrected chi connectivity index (χ3v) is 5.27. The summed E-state index contributed by atoms with van der Waals surface area (Å²) in [4.78, 5) is 2.50. The summed E-state index contributed by atoms with van der Waals surface area (Å²) >= 11 is 0. The van der Waals surface area contributed by atoms with Crippen molar-refractivity contribution in [3.63, 3.8) is 0 Å². The summed E-state index contributed by atoms with van der Waals surface area (Å²) in [7, 11) is 0. The van der Waals surface area contributed by atoms with Crippen LogP contribution in [0.2, 0.25) is 0 Å². The van der Waals surface area contributed by atoms with Crippen LogP contribution in [0.25, 0.3) is 0 Å². The van der Waals surface area contributed by atoms with E-state index in [1.54, 1.807) is 0 Å². The number of ether oxygens (including phenoxy) is 1. The third kappa shape index (κ3) is 3.32. The molecular weight excluding hydrogens is 238 g/mol. The van der Waals surface area contributed by atoms with Crippen LogP contribution in [0.15, 0.2) is 0 Å². The van der Waals surface area contributed by atoms with Crippen LogP contribution in [-0.4, -0.2) is 47.4 Å². The highest BCUT2D eigenvalue weighted by molar-refractivity contribution is 5.00. The van der Waals surface area contributed by atoms with Gasteiger partial charge in [0.25, 0.3) is 0 Å². The largest absolute Gasteiger partial charge is 0.391 e. The zero-order valence-corrected chi connectivity index (χ0v) is 12.7. The van der Waals surface area contributed by atoms with Gasteiger partial charge in [-0.15, -0.1) is 0 Å². The number of nitrogens with zero attached hydrogens (tertiary/aromatic N) is 1. The Morgan fingerprint density at radius 2 is 1.89 bits per heavy atom. The van der Waals surface area contributed by atoms with E-state index in [2.05, 4.69) is 18.7 Å². The molecule has 1 saturated carbocycles. The molecule has 0 radical (unpaired) electrons. The maximum Gasteiger partial charge on any atom is 0.0724 e. The highest BCUT2D eigenvalue weighted by Gasteiger charge is 2.44. The number of hydrogen-bond acceptors (Lipinski definition) is 3. The van der Waals surface area contributed by atoms with Gasteiger partial charge in [-0.25, -0.2) is 0 Å². The summed E-state index contributed by atoms with van der Waals surface area (Å²) in [6.45, 7) is 7.45. The van der Waals surface area contributed by atoms with E-state index >= 15 is 0 Å². The van der Waals surface area contributed by atoms with Gasteiger partial charge in [0, 0.05) is 12.1 Å². The topological polar surface area (TPSA) is 32.7 Å². The Bertz CT molecular complexity index is 253. The molecular formula is C16H31NO2. The maximum atomic E-state index is 10.8. The molecule has 1 N–H and O–H groups in total. The molecule has 2 aliphatic rings. The minimum Gasteiger partial charge on any atom is -0.391 e. The van der Waals surface area contributed by atoms with E-state index in [4.69, 9.17) is 4.74 Å². The van der Waals surface area contributed by atoms with Gasteiger partial charge in [0.1, 0.15) is 0 Å². The summed E-state index contributed by atoms with van der Waals surface area (Å²) in [6.07, 6.45) is 9.42. The standard InChI is InChI=1S/C16H31NO2/c1-3-17(4-2)16(11-5-6-12-16)15(18)10-9-14-8-7-13-19-14/h14-15,18H,3-13H2,1-2H3. The fraction of sp³-hybridized carbons (Fsp3) is 1.00. The van der Waals surface area contributed by atoms with Crippen LogP contribution < -0.4 is 0 Å². The number of hydrogen-bond donors (Lipinski definition) is 1. The fourth-order valence-electron chi connectivity index (χ4n) is 4.19. The Kier molecular flexibility index (Phi) is 5.67. The average molecular weight is 269 g/mol. The summed E-state index contributed by atoms with van der Waals surface area (Å²) in [6, 6.07) is 0. The lowest BCUT2D eigenvalue weighted by Gasteiger charge is -2.44. The molecule has 0 spiro atoms. The van der Waals surface area contributed by atoms with E-state index in [1.807, 2.05) is 0 Å². The predicted molar refractivity (Wildman–Crippen MR) is 78.3 cm³/mol. The van der Waals surface area contributed by atoms with Crippen molar-refractivity contribution in [1.82, 2.24) is 4.90 Å². The number of aliphatic hydroxyl groups is 1. The van der Waals surface area contributed by atoms with E-state index < -0.39 is 0 Å². The van der Waals surface area contributed by atoms with Crippen molar-refractivity contribution in [2.45, 2.75) is 83.0 Å². The second-order valence-electron chi connectivity index (χ2n) is 6.21. The van der Waals surface area contributed by atoms with Gasteiger partial charge in [0.2, 0.25) is 0 Å². The van der Waals surface area contributed by atoms with E-state index in [9.17, 15) is 5.11 Å². The molecule has 0 bridgehead atoms. The van der Waals surface area contributed by atoms with E-state index in [0.29, 0.717) is 6.10 Å². The first kappa shape index (κ1) is 15.3. The molecule has 3 nitrogen and oxygen atoms in total. The van der Waals surface area contributed by atoms with Gasteiger partial charge in [-0.1, -0.05) is 26.7 Å². The second-order valence-corrected chi connectivity index (χ2v) is 6.21. The smallest absolute Gasteiger partial charge is 0.0724 e. The average Bonchev–Trinajstić information content (AvgIpc) is 3.09. The molecule has 3 heteroatoms. The zero-order valence-electron chi connectivity index (χ0n) is 12.7. The van der Waals surface area contributed by atoms with Crippen LogP contribution in [0.4, 0.5) is 0 Å². The van der Waals surface area contributed by atoms with E-state index in [1.165, 1.54) is 38.5 Å². The molecule has 2 atom stereocenters.